The standard InChI is InChI=1S/C26H30N2O7/c1-33-22(24(29)28-14-16-11-13-34-23(16)25(30)31)10-12-27-26(32)35-15-21-19-8-4-2-6-17(19)18-7-3-5-9-20(18)21/h2-9,16,21-23H,10-15H2,1H3,(H,27,32)(H,28,29)(H,30,31)/t16-,22?,23-/m1/s1. The molecule has 9 nitrogen and oxygen atoms in total. The highest BCUT2D eigenvalue weighted by atomic mass is 16.5. The van der Waals surface area contributed by atoms with Gasteiger partial charge in [0.1, 0.15) is 12.7 Å². The van der Waals surface area contributed by atoms with Crippen molar-refractivity contribution in [3.8, 4) is 11.1 Å². The first-order valence-electron chi connectivity index (χ1n) is 11.7. The number of hydrogen-bond donors (Lipinski definition) is 3. The van der Waals surface area contributed by atoms with E-state index in [2.05, 4.69) is 34.9 Å². The Morgan fingerprint density at radius 1 is 1.06 bits per heavy atom. The zero-order valence-corrected chi connectivity index (χ0v) is 19.6. The van der Waals surface area contributed by atoms with E-state index in [-0.39, 0.29) is 43.9 Å². The number of carboxylic acids is 1. The van der Waals surface area contributed by atoms with Crippen molar-refractivity contribution < 1.29 is 33.7 Å². The fraction of sp³-hybridized carbons (Fsp3) is 0.423. The van der Waals surface area contributed by atoms with Crippen molar-refractivity contribution in [3.63, 3.8) is 0 Å². The van der Waals surface area contributed by atoms with Gasteiger partial charge in [-0.25, -0.2) is 9.59 Å². The number of fused-ring (bicyclic) bond motifs is 3. The van der Waals surface area contributed by atoms with Gasteiger partial charge in [-0.15, -0.1) is 0 Å². The third-order valence-electron chi connectivity index (χ3n) is 6.59. The third kappa shape index (κ3) is 5.63. The normalized spacial score (nSPS) is 19.5. The molecule has 35 heavy (non-hydrogen) atoms. The Morgan fingerprint density at radius 3 is 2.34 bits per heavy atom. The Kier molecular flexibility index (Phi) is 7.99. The number of nitrogens with one attached hydrogen (secondary N) is 2. The van der Waals surface area contributed by atoms with Crippen LogP contribution in [-0.2, 0) is 23.8 Å². The zero-order chi connectivity index (χ0) is 24.8. The maximum atomic E-state index is 12.4. The lowest BCUT2D eigenvalue weighted by Crippen LogP contribution is -2.42. The molecule has 0 bridgehead atoms. The largest absolute Gasteiger partial charge is 0.479 e. The van der Waals surface area contributed by atoms with Gasteiger partial charge in [-0.1, -0.05) is 48.5 Å². The van der Waals surface area contributed by atoms with Crippen LogP contribution in [0.5, 0.6) is 0 Å². The molecule has 2 aromatic rings. The van der Waals surface area contributed by atoms with Crippen molar-refractivity contribution in [3.05, 3.63) is 59.7 Å². The number of rotatable bonds is 10. The summed E-state index contributed by atoms with van der Waals surface area (Å²) in [5.74, 6) is -1.71. The number of carboxylic acid groups (broad SMARTS) is 1. The molecule has 0 radical (unpaired) electrons. The van der Waals surface area contributed by atoms with E-state index in [1.54, 1.807) is 0 Å². The molecule has 1 aliphatic carbocycles. The van der Waals surface area contributed by atoms with Gasteiger partial charge < -0.3 is 30.0 Å². The van der Waals surface area contributed by atoms with Crippen molar-refractivity contribution in [2.75, 3.05) is 33.4 Å². The van der Waals surface area contributed by atoms with Gasteiger partial charge in [0.05, 0.1) is 0 Å². The van der Waals surface area contributed by atoms with Crippen LogP contribution < -0.4 is 10.6 Å². The first-order chi connectivity index (χ1) is 17.0. The Labute approximate surface area is 203 Å². The van der Waals surface area contributed by atoms with E-state index < -0.39 is 24.3 Å². The lowest BCUT2D eigenvalue weighted by Gasteiger charge is -2.19. The Bertz CT molecular complexity index is 1030. The highest BCUT2D eigenvalue weighted by Gasteiger charge is 2.34. The minimum atomic E-state index is -1.03. The summed E-state index contributed by atoms with van der Waals surface area (Å²) >= 11 is 0. The fourth-order valence-electron chi connectivity index (χ4n) is 4.77. The van der Waals surface area contributed by atoms with E-state index in [0.29, 0.717) is 13.0 Å². The molecular formula is C26H30N2O7. The maximum Gasteiger partial charge on any atom is 0.407 e. The molecule has 1 fully saturated rings. The number of amides is 2. The second kappa shape index (κ2) is 11.3. The number of methoxy groups -OCH3 is 1. The molecule has 1 saturated heterocycles. The van der Waals surface area contributed by atoms with Crippen molar-refractivity contribution in [1.29, 1.82) is 0 Å². The van der Waals surface area contributed by atoms with Crippen molar-refractivity contribution in [1.82, 2.24) is 10.6 Å². The Balaban J connectivity index is 1.22. The number of hydrogen-bond acceptors (Lipinski definition) is 6. The van der Waals surface area contributed by atoms with Crippen LogP contribution in [0.4, 0.5) is 4.79 Å². The molecule has 1 aliphatic heterocycles. The second-order valence-corrected chi connectivity index (χ2v) is 8.69. The number of aliphatic carboxylic acids is 1. The molecule has 2 aliphatic rings. The quantitative estimate of drug-likeness (QED) is 0.476. The van der Waals surface area contributed by atoms with Crippen LogP contribution in [-0.4, -0.2) is 68.7 Å². The molecule has 2 aromatic carbocycles. The summed E-state index contributed by atoms with van der Waals surface area (Å²) in [6, 6.07) is 16.2. The topological polar surface area (TPSA) is 123 Å². The van der Waals surface area contributed by atoms with E-state index in [1.807, 2.05) is 24.3 Å². The van der Waals surface area contributed by atoms with Gasteiger partial charge in [0.2, 0.25) is 5.91 Å². The van der Waals surface area contributed by atoms with Crippen LogP contribution in [0.25, 0.3) is 11.1 Å². The van der Waals surface area contributed by atoms with E-state index in [1.165, 1.54) is 7.11 Å². The first kappa shape index (κ1) is 24.7. The summed E-state index contributed by atoms with van der Waals surface area (Å²) in [6.45, 7) is 0.944. The van der Waals surface area contributed by atoms with Gasteiger partial charge in [-0.05, 0) is 28.7 Å². The van der Waals surface area contributed by atoms with Crippen molar-refractivity contribution in [2.45, 2.75) is 31.0 Å². The molecule has 0 aromatic heterocycles. The van der Waals surface area contributed by atoms with Crippen LogP contribution in [0.3, 0.4) is 0 Å². The highest BCUT2D eigenvalue weighted by Crippen LogP contribution is 2.44. The van der Waals surface area contributed by atoms with E-state index in [0.717, 1.165) is 22.3 Å². The molecule has 4 rings (SSSR count). The molecule has 3 N–H and O–H groups in total. The van der Waals surface area contributed by atoms with Crippen LogP contribution in [0.15, 0.2) is 48.5 Å². The number of alkyl carbamates (subject to hydrolysis) is 1. The predicted molar refractivity (Wildman–Crippen MR) is 127 cm³/mol. The Hall–Kier alpha value is -3.43. The number of carbonyl (C=O) groups excluding carboxylic acids is 2. The summed E-state index contributed by atoms with van der Waals surface area (Å²) < 4.78 is 15.9. The molecule has 1 unspecified atom stereocenters. The lowest BCUT2D eigenvalue weighted by atomic mass is 9.98. The summed E-state index contributed by atoms with van der Waals surface area (Å²) in [5.41, 5.74) is 4.58. The van der Waals surface area contributed by atoms with Crippen LogP contribution in [0.2, 0.25) is 0 Å². The van der Waals surface area contributed by atoms with E-state index >= 15 is 0 Å². The Morgan fingerprint density at radius 2 is 1.71 bits per heavy atom. The smallest absolute Gasteiger partial charge is 0.407 e. The molecule has 3 atom stereocenters. The maximum absolute atomic E-state index is 12.4. The SMILES string of the molecule is COC(CCNC(=O)OCC1c2ccccc2-c2ccccc21)C(=O)NC[C@H]1CCO[C@H]1C(=O)O. The van der Waals surface area contributed by atoms with Crippen molar-refractivity contribution in [2.24, 2.45) is 5.92 Å². The monoisotopic (exact) mass is 482 g/mol. The van der Waals surface area contributed by atoms with Crippen LogP contribution >= 0.6 is 0 Å². The number of ether oxygens (including phenoxy) is 3. The van der Waals surface area contributed by atoms with Gasteiger partial charge in [-0.3, -0.25) is 4.79 Å². The minimum absolute atomic E-state index is 0.0279. The van der Waals surface area contributed by atoms with Gasteiger partial charge in [0, 0.05) is 45.1 Å². The highest BCUT2D eigenvalue weighted by molar-refractivity contribution is 5.81. The van der Waals surface area contributed by atoms with Gasteiger partial charge in [0.25, 0.3) is 0 Å². The number of carbonyl (C=O) groups is 3. The van der Waals surface area contributed by atoms with Gasteiger partial charge in [0.15, 0.2) is 6.10 Å². The molecule has 186 valence electrons. The van der Waals surface area contributed by atoms with Gasteiger partial charge >= 0.3 is 12.1 Å². The second-order valence-electron chi connectivity index (χ2n) is 8.69. The summed E-state index contributed by atoms with van der Waals surface area (Å²) in [5, 5.41) is 14.6. The molecule has 2 amide bonds. The zero-order valence-electron chi connectivity index (χ0n) is 19.6. The summed E-state index contributed by atoms with van der Waals surface area (Å²) in [4.78, 5) is 36.0. The van der Waals surface area contributed by atoms with E-state index in [9.17, 15) is 14.4 Å². The predicted octanol–water partition coefficient (Wildman–Crippen LogP) is 2.54. The average molecular weight is 483 g/mol. The average Bonchev–Trinajstić information content (AvgIpc) is 3.47. The minimum Gasteiger partial charge on any atom is -0.479 e. The molecule has 0 spiro atoms. The number of benzene rings is 2. The molecule has 1 heterocycles. The summed E-state index contributed by atoms with van der Waals surface area (Å²) in [6.07, 6.45) is -1.44. The van der Waals surface area contributed by atoms with Crippen LogP contribution in [0.1, 0.15) is 29.9 Å². The summed E-state index contributed by atoms with van der Waals surface area (Å²) in [7, 11) is 1.41. The van der Waals surface area contributed by atoms with Crippen molar-refractivity contribution >= 4 is 18.0 Å². The molecule has 0 saturated carbocycles. The molecular weight excluding hydrogens is 452 g/mol. The lowest BCUT2D eigenvalue weighted by molar-refractivity contribution is -0.149. The van der Waals surface area contributed by atoms with Crippen LogP contribution in [0, 0.1) is 5.92 Å². The third-order valence-corrected chi connectivity index (χ3v) is 6.59. The first-order valence-corrected chi connectivity index (χ1v) is 11.7. The fourth-order valence-corrected chi connectivity index (χ4v) is 4.77. The molecule has 9 heteroatoms. The van der Waals surface area contributed by atoms with Gasteiger partial charge in [-0.2, -0.15) is 0 Å². The van der Waals surface area contributed by atoms with E-state index in [4.69, 9.17) is 19.3 Å².